The molecule has 2 heterocycles. The summed E-state index contributed by atoms with van der Waals surface area (Å²) < 4.78 is 0. The van der Waals surface area contributed by atoms with Crippen LogP contribution in [0.1, 0.15) is 35.9 Å². The van der Waals surface area contributed by atoms with Crippen molar-refractivity contribution in [3.63, 3.8) is 0 Å². The lowest BCUT2D eigenvalue weighted by Gasteiger charge is -2.23. The molecular weight excluding hydrogens is 258 g/mol. The van der Waals surface area contributed by atoms with Gasteiger partial charge in [-0.1, -0.05) is 13.3 Å². The van der Waals surface area contributed by atoms with Crippen LogP contribution < -0.4 is 0 Å². The Balaban J connectivity index is 1.74. The first-order chi connectivity index (χ1) is 9.19. The number of hydrogen-bond donors (Lipinski definition) is 1. The molecule has 0 spiro atoms. The van der Waals surface area contributed by atoms with Gasteiger partial charge in [-0.15, -0.1) is 11.3 Å². The zero-order chi connectivity index (χ0) is 13.4. The summed E-state index contributed by atoms with van der Waals surface area (Å²) in [6.07, 6.45) is 4.60. The van der Waals surface area contributed by atoms with E-state index in [4.69, 9.17) is 0 Å². The number of rotatable bonds is 4. The topological polar surface area (TPSA) is 40.5 Å². The molecule has 19 heavy (non-hydrogen) atoms. The molecule has 1 aliphatic carbocycles. The number of aliphatic carboxylic acids is 1. The molecule has 2 fully saturated rings. The van der Waals surface area contributed by atoms with Gasteiger partial charge in [0.15, 0.2) is 0 Å². The number of fused-ring (bicyclic) bond motifs is 1. The second kappa shape index (κ2) is 5.25. The summed E-state index contributed by atoms with van der Waals surface area (Å²) >= 11 is 1.83. The highest BCUT2D eigenvalue weighted by Crippen LogP contribution is 2.43. The molecule has 1 N–H and O–H groups in total. The Morgan fingerprint density at radius 1 is 1.42 bits per heavy atom. The number of nitrogens with zero attached hydrogens (tertiary/aromatic N) is 1. The van der Waals surface area contributed by atoms with Gasteiger partial charge in [0.05, 0.1) is 0 Å². The lowest BCUT2D eigenvalue weighted by atomic mass is 9.94. The molecule has 0 aromatic carbocycles. The van der Waals surface area contributed by atoms with E-state index in [0.717, 1.165) is 25.9 Å². The van der Waals surface area contributed by atoms with E-state index in [1.54, 1.807) is 0 Å². The Morgan fingerprint density at radius 2 is 2.21 bits per heavy atom. The van der Waals surface area contributed by atoms with Gasteiger partial charge in [0.1, 0.15) is 6.04 Å². The summed E-state index contributed by atoms with van der Waals surface area (Å²) in [5, 5.41) is 9.52. The molecule has 1 saturated carbocycles. The Morgan fingerprint density at radius 3 is 2.89 bits per heavy atom. The average molecular weight is 279 g/mol. The SMILES string of the molecule is CCc1ccc(CN2CC3CCCC3C2C(=O)O)s1. The molecular formula is C15H21NO2S. The van der Waals surface area contributed by atoms with Gasteiger partial charge < -0.3 is 5.11 Å². The molecule has 0 bridgehead atoms. The molecule has 4 heteroatoms. The van der Waals surface area contributed by atoms with E-state index in [1.165, 1.54) is 22.6 Å². The first kappa shape index (κ1) is 13.1. The molecule has 1 aromatic rings. The van der Waals surface area contributed by atoms with E-state index in [0.29, 0.717) is 11.8 Å². The number of hydrogen-bond acceptors (Lipinski definition) is 3. The van der Waals surface area contributed by atoms with Gasteiger partial charge in [-0.25, -0.2) is 0 Å². The summed E-state index contributed by atoms with van der Waals surface area (Å²) in [6.45, 7) is 3.95. The first-order valence-corrected chi connectivity index (χ1v) is 8.05. The van der Waals surface area contributed by atoms with Gasteiger partial charge in [0.25, 0.3) is 0 Å². The Bertz CT molecular complexity index is 470. The number of aryl methyl sites for hydroxylation is 1. The maximum Gasteiger partial charge on any atom is 0.321 e. The molecule has 0 radical (unpaired) electrons. The van der Waals surface area contributed by atoms with Crippen molar-refractivity contribution in [2.24, 2.45) is 11.8 Å². The summed E-state index contributed by atoms with van der Waals surface area (Å²) in [6, 6.07) is 4.09. The third-order valence-electron chi connectivity index (χ3n) is 4.66. The fourth-order valence-corrected chi connectivity index (χ4v) is 4.78. The van der Waals surface area contributed by atoms with Crippen molar-refractivity contribution in [2.75, 3.05) is 6.54 Å². The maximum absolute atomic E-state index is 11.6. The normalized spacial score (nSPS) is 30.7. The predicted molar refractivity (Wildman–Crippen MR) is 76.4 cm³/mol. The predicted octanol–water partition coefficient (Wildman–Crippen LogP) is 3.00. The second-order valence-corrected chi connectivity index (χ2v) is 7.04. The van der Waals surface area contributed by atoms with Crippen molar-refractivity contribution in [3.05, 3.63) is 21.9 Å². The number of carboxylic acids is 1. The highest BCUT2D eigenvalue weighted by atomic mass is 32.1. The molecule has 1 aliphatic heterocycles. The third kappa shape index (κ3) is 2.43. The fourth-order valence-electron chi connectivity index (χ4n) is 3.79. The van der Waals surface area contributed by atoms with Crippen LogP contribution in [0.3, 0.4) is 0 Å². The van der Waals surface area contributed by atoms with Crippen LogP contribution in [0.4, 0.5) is 0 Å². The van der Waals surface area contributed by atoms with Gasteiger partial charge in [0.2, 0.25) is 0 Å². The molecule has 3 nitrogen and oxygen atoms in total. The van der Waals surface area contributed by atoms with Crippen LogP contribution in [-0.4, -0.2) is 28.6 Å². The molecule has 1 aromatic heterocycles. The number of carbonyl (C=O) groups is 1. The quantitative estimate of drug-likeness (QED) is 0.921. The number of carboxylic acid groups (broad SMARTS) is 1. The minimum atomic E-state index is -0.623. The lowest BCUT2D eigenvalue weighted by Crippen LogP contribution is -2.38. The van der Waals surface area contributed by atoms with Gasteiger partial charge in [0, 0.05) is 22.8 Å². The Kier molecular flexibility index (Phi) is 3.63. The maximum atomic E-state index is 11.6. The molecule has 3 atom stereocenters. The zero-order valence-electron chi connectivity index (χ0n) is 11.3. The smallest absolute Gasteiger partial charge is 0.321 e. The highest BCUT2D eigenvalue weighted by Gasteiger charge is 2.47. The lowest BCUT2D eigenvalue weighted by molar-refractivity contribution is -0.143. The van der Waals surface area contributed by atoms with Crippen molar-refractivity contribution in [2.45, 2.75) is 45.2 Å². The van der Waals surface area contributed by atoms with Crippen molar-refractivity contribution >= 4 is 17.3 Å². The van der Waals surface area contributed by atoms with Gasteiger partial charge >= 0.3 is 5.97 Å². The summed E-state index contributed by atoms with van der Waals surface area (Å²) in [5.74, 6) is 0.386. The first-order valence-electron chi connectivity index (χ1n) is 7.23. The van der Waals surface area contributed by atoms with Gasteiger partial charge in [-0.2, -0.15) is 0 Å². The fraction of sp³-hybridized carbons (Fsp3) is 0.667. The van der Waals surface area contributed by atoms with Crippen molar-refractivity contribution in [3.8, 4) is 0 Å². The largest absolute Gasteiger partial charge is 0.480 e. The summed E-state index contributed by atoms with van der Waals surface area (Å²) in [5.41, 5.74) is 0. The van der Waals surface area contributed by atoms with E-state index in [9.17, 15) is 9.90 Å². The van der Waals surface area contributed by atoms with Crippen LogP contribution in [0, 0.1) is 11.8 Å². The minimum absolute atomic E-state index is 0.250. The third-order valence-corrected chi connectivity index (χ3v) is 5.88. The molecule has 3 rings (SSSR count). The second-order valence-electron chi connectivity index (χ2n) is 5.79. The molecule has 1 saturated heterocycles. The monoisotopic (exact) mass is 279 g/mol. The standard InChI is InChI=1S/C15H21NO2S/c1-2-11-6-7-12(19-11)9-16-8-10-4-3-5-13(10)14(16)15(17)18/h6-7,10,13-14H,2-5,8-9H2,1H3,(H,17,18). The van der Waals surface area contributed by atoms with Gasteiger partial charge in [-0.05, 0) is 43.2 Å². The summed E-state index contributed by atoms with van der Waals surface area (Å²) in [4.78, 5) is 16.5. The average Bonchev–Trinajstić information content (AvgIpc) is 3.03. The van der Waals surface area contributed by atoms with Crippen LogP contribution in [0.25, 0.3) is 0 Å². The Hall–Kier alpha value is -0.870. The van der Waals surface area contributed by atoms with Crippen molar-refractivity contribution in [1.29, 1.82) is 0 Å². The van der Waals surface area contributed by atoms with E-state index in [2.05, 4.69) is 24.0 Å². The van der Waals surface area contributed by atoms with Crippen LogP contribution in [-0.2, 0) is 17.8 Å². The molecule has 3 unspecified atom stereocenters. The van der Waals surface area contributed by atoms with Crippen molar-refractivity contribution in [1.82, 2.24) is 4.90 Å². The van der Waals surface area contributed by atoms with Crippen LogP contribution in [0.5, 0.6) is 0 Å². The van der Waals surface area contributed by atoms with Crippen LogP contribution >= 0.6 is 11.3 Å². The number of thiophene rings is 1. The van der Waals surface area contributed by atoms with E-state index in [1.807, 2.05) is 11.3 Å². The van der Waals surface area contributed by atoms with Crippen molar-refractivity contribution < 1.29 is 9.90 Å². The Labute approximate surface area is 118 Å². The van der Waals surface area contributed by atoms with E-state index < -0.39 is 5.97 Å². The van der Waals surface area contributed by atoms with E-state index >= 15 is 0 Å². The summed E-state index contributed by atoms with van der Waals surface area (Å²) in [7, 11) is 0. The number of likely N-dealkylation sites (tertiary alicyclic amines) is 1. The molecule has 2 aliphatic rings. The van der Waals surface area contributed by atoms with Crippen LogP contribution in [0.15, 0.2) is 12.1 Å². The molecule has 0 amide bonds. The molecule has 104 valence electrons. The van der Waals surface area contributed by atoms with Crippen LogP contribution in [0.2, 0.25) is 0 Å². The van der Waals surface area contributed by atoms with Gasteiger partial charge in [-0.3, -0.25) is 9.69 Å². The highest BCUT2D eigenvalue weighted by molar-refractivity contribution is 7.11. The minimum Gasteiger partial charge on any atom is -0.480 e. The zero-order valence-corrected chi connectivity index (χ0v) is 12.2. The van der Waals surface area contributed by atoms with E-state index in [-0.39, 0.29) is 6.04 Å².